The van der Waals surface area contributed by atoms with Crippen LogP contribution >= 0.6 is 35.3 Å². The van der Waals surface area contributed by atoms with Crippen molar-refractivity contribution < 1.29 is 29.0 Å². The first kappa shape index (κ1) is 20.4. The van der Waals surface area contributed by atoms with E-state index in [1.807, 2.05) is 0 Å². The van der Waals surface area contributed by atoms with Crippen molar-refractivity contribution in [1.82, 2.24) is 10.2 Å². The van der Waals surface area contributed by atoms with Gasteiger partial charge in [-0.3, -0.25) is 9.59 Å². The molecule has 3 atom stereocenters. The van der Waals surface area contributed by atoms with Crippen LogP contribution in [0.1, 0.15) is 20.8 Å². The molecule has 0 radical (unpaired) electrons. The first-order chi connectivity index (χ1) is 12.7. The highest BCUT2D eigenvalue weighted by Gasteiger charge is 2.64. The molecular formula is C16H20N2O6S3. The number of thioether (sulfide) groups is 3. The first-order valence-corrected chi connectivity index (χ1v) is 11.2. The summed E-state index contributed by atoms with van der Waals surface area (Å²) in [5, 5.41) is 11.6. The van der Waals surface area contributed by atoms with Gasteiger partial charge in [0.25, 0.3) is 5.91 Å². The molecule has 0 aromatic carbocycles. The Morgan fingerprint density at radius 3 is 2.48 bits per heavy atom. The smallest absolute Gasteiger partial charge is 0.345 e. The topological polar surface area (TPSA) is 113 Å². The summed E-state index contributed by atoms with van der Waals surface area (Å²) in [4.78, 5) is 50.4. The van der Waals surface area contributed by atoms with Crippen molar-refractivity contribution in [3.05, 3.63) is 9.81 Å². The fourth-order valence-electron chi connectivity index (χ4n) is 3.29. The molecule has 0 spiro atoms. The van der Waals surface area contributed by atoms with Crippen molar-refractivity contribution in [1.29, 1.82) is 0 Å². The number of β-lactam (4-membered cyclic amide) rings is 1. The molecule has 3 rings (SSSR count). The second kappa shape index (κ2) is 7.59. The molecule has 8 nitrogen and oxygen atoms in total. The number of carboxylic acids is 1. The van der Waals surface area contributed by atoms with Gasteiger partial charge in [0.2, 0.25) is 5.91 Å². The third-order valence-corrected chi connectivity index (χ3v) is 8.71. The average molecular weight is 433 g/mol. The lowest BCUT2D eigenvalue weighted by molar-refractivity contribution is -0.161. The number of hydrogen-bond donors (Lipinski definition) is 2. The van der Waals surface area contributed by atoms with Crippen molar-refractivity contribution in [2.75, 3.05) is 18.1 Å². The molecule has 3 aliphatic heterocycles. The molecule has 3 fully saturated rings. The number of rotatable bonds is 5. The zero-order valence-corrected chi connectivity index (χ0v) is 17.5. The van der Waals surface area contributed by atoms with Crippen LogP contribution in [0.3, 0.4) is 0 Å². The first-order valence-electron chi connectivity index (χ1n) is 8.39. The number of nitrogens with zero attached hydrogens (tertiary/aromatic N) is 1. The fraction of sp³-hybridized carbons (Fsp3) is 0.625. The number of amides is 2. The van der Waals surface area contributed by atoms with Gasteiger partial charge < -0.3 is 20.1 Å². The number of hydrogen-bond acceptors (Lipinski definition) is 8. The predicted octanol–water partition coefficient (Wildman–Crippen LogP) is 0.873. The minimum atomic E-state index is -1.07. The van der Waals surface area contributed by atoms with Crippen LogP contribution in [0.2, 0.25) is 0 Å². The second-order valence-electron chi connectivity index (χ2n) is 6.63. The molecule has 3 heterocycles. The highest BCUT2D eigenvalue weighted by Crippen LogP contribution is 2.51. The van der Waals surface area contributed by atoms with Gasteiger partial charge in [-0.2, -0.15) is 0 Å². The number of esters is 1. The van der Waals surface area contributed by atoms with E-state index in [1.54, 1.807) is 20.8 Å². The average Bonchev–Trinajstić information content (AvgIpc) is 3.17. The van der Waals surface area contributed by atoms with E-state index < -0.39 is 46.0 Å². The maximum absolute atomic E-state index is 12.8. The lowest BCUT2D eigenvalue weighted by atomic mass is 9.96. The van der Waals surface area contributed by atoms with Crippen LogP contribution in [0, 0.1) is 0 Å². The minimum Gasteiger partial charge on any atom is -0.480 e. The number of aliphatic carboxylic acids is 1. The van der Waals surface area contributed by atoms with Crippen molar-refractivity contribution >= 4 is 59.0 Å². The molecule has 0 bridgehead atoms. The van der Waals surface area contributed by atoms with Crippen LogP contribution in [0.4, 0.5) is 0 Å². The van der Waals surface area contributed by atoms with Crippen LogP contribution in [-0.4, -0.2) is 74.1 Å². The Labute approximate surface area is 169 Å². The van der Waals surface area contributed by atoms with E-state index >= 15 is 0 Å². The molecule has 3 aliphatic rings. The Morgan fingerprint density at radius 2 is 1.93 bits per heavy atom. The summed E-state index contributed by atoms with van der Waals surface area (Å²) in [5.74, 6) is -1.29. The van der Waals surface area contributed by atoms with Gasteiger partial charge in [-0.1, -0.05) is 0 Å². The van der Waals surface area contributed by atoms with Gasteiger partial charge in [-0.05, 0) is 20.8 Å². The summed E-state index contributed by atoms with van der Waals surface area (Å²) in [6.45, 7) is 5.32. The second-order valence-corrected chi connectivity index (χ2v) is 10.9. The van der Waals surface area contributed by atoms with Crippen LogP contribution in [-0.2, 0) is 23.9 Å². The summed E-state index contributed by atoms with van der Waals surface area (Å²) in [6, 6.07) is -1.80. The largest absolute Gasteiger partial charge is 0.480 e. The quantitative estimate of drug-likeness (QED) is 0.215. The molecule has 11 heteroatoms. The molecule has 2 N–H and O–H groups in total. The maximum Gasteiger partial charge on any atom is 0.345 e. The fourth-order valence-corrected chi connectivity index (χ4v) is 7.42. The minimum absolute atomic E-state index is 0.0763. The van der Waals surface area contributed by atoms with E-state index in [2.05, 4.69) is 5.32 Å². The van der Waals surface area contributed by atoms with E-state index in [4.69, 9.17) is 4.74 Å². The van der Waals surface area contributed by atoms with Crippen LogP contribution < -0.4 is 5.32 Å². The number of ether oxygens (including phenoxy) is 1. The molecule has 0 saturated carbocycles. The summed E-state index contributed by atoms with van der Waals surface area (Å²) in [7, 11) is 0. The van der Waals surface area contributed by atoms with Gasteiger partial charge in [0.1, 0.15) is 23.0 Å². The molecule has 3 unspecified atom stereocenters. The van der Waals surface area contributed by atoms with Crippen molar-refractivity contribution in [2.24, 2.45) is 0 Å². The standard InChI is InChI=1S/C16H20N2O6S3/c1-4-24-14(23)7(15-25-5-6-26-15)10(19)17-8-11(20)18-9(13(21)22)16(2,3)27-12(8)18/h8-9,12H,4-6H2,1-3H3,(H,17,19)(H,21,22). The molecule has 27 heavy (non-hydrogen) atoms. The molecular weight excluding hydrogens is 412 g/mol. The molecule has 2 amide bonds. The van der Waals surface area contributed by atoms with E-state index in [0.29, 0.717) is 4.24 Å². The van der Waals surface area contributed by atoms with Crippen LogP contribution in [0.15, 0.2) is 9.81 Å². The third kappa shape index (κ3) is 3.56. The predicted molar refractivity (Wildman–Crippen MR) is 104 cm³/mol. The Morgan fingerprint density at radius 1 is 1.30 bits per heavy atom. The molecule has 0 aromatic heterocycles. The Kier molecular flexibility index (Phi) is 5.74. The number of fused-ring (bicyclic) bond motifs is 1. The highest BCUT2D eigenvalue weighted by molar-refractivity contribution is 8.25. The maximum atomic E-state index is 12.8. The van der Waals surface area contributed by atoms with Crippen LogP contribution in [0.5, 0.6) is 0 Å². The monoisotopic (exact) mass is 432 g/mol. The van der Waals surface area contributed by atoms with Gasteiger partial charge in [0.15, 0.2) is 0 Å². The number of carbonyl (C=O) groups is 4. The SMILES string of the molecule is CCOC(=O)C(C(=O)NC1C(=O)N2C1SC(C)(C)C2C(=O)O)=C1SCCS1. The van der Waals surface area contributed by atoms with Crippen LogP contribution in [0.25, 0.3) is 0 Å². The van der Waals surface area contributed by atoms with Gasteiger partial charge in [-0.15, -0.1) is 35.3 Å². The highest BCUT2D eigenvalue weighted by atomic mass is 32.2. The molecule has 3 saturated heterocycles. The third-order valence-electron chi connectivity index (χ3n) is 4.42. The van der Waals surface area contributed by atoms with Crippen molar-refractivity contribution in [2.45, 2.75) is 43.0 Å². The molecule has 0 aromatic rings. The lowest BCUT2D eigenvalue weighted by Crippen LogP contribution is -2.70. The van der Waals surface area contributed by atoms with Gasteiger partial charge in [0.05, 0.1) is 10.8 Å². The summed E-state index contributed by atoms with van der Waals surface area (Å²) in [6.07, 6.45) is 0. The van der Waals surface area contributed by atoms with Gasteiger partial charge >= 0.3 is 11.9 Å². The normalized spacial score (nSPS) is 28.4. The number of carbonyl (C=O) groups excluding carboxylic acids is 3. The van der Waals surface area contributed by atoms with Crippen molar-refractivity contribution in [3.63, 3.8) is 0 Å². The Bertz CT molecular complexity index is 730. The Hall–Kier alpha value is -1.33. The van der Waals surface area contributed by atoms with E-state index in [9.17, 15) is 24.3 Å². The number of carboxylic acid groups (broad SMARTS) is 1. The molecule has 148 valence electrons. The zero-order valence-electron chi connectivity index (χ0n) is 15.0. The summed E-state index contributed by atoms with van der Waals surface area (Å²) < 4.78 is 4.92. The zero-order chi connectivity index (χ0) is 19.9. The number of nitrogens with one attached hydrogen (secondary N) is 1. The summed E-state index contributed by atoms with van der Waals surface area (Å²) in [5.41, 5.74) is -0.0763. The van der Waals surface area contributed by atoms with Gasteiger partial charge in [0, 0.05) is 16.3 Å². The van der Waals surface area contributed by atoms with E-state index in [0.717, 1.165) is 11.5 Å². The van der Waals surface area contributed by atoms with Crippen molar-refractivity contribution in [3.8, 4) is 0 Å². The van der Waals surface area contributed by atoms with E-state index in [1.165, 1.54) is 40.2 Å². The Balaban J connectivity index is 1.78. The summed E-state index contributed by atoms with van der Waals surface area (Å²) >= 11 is 4.16. The van der Waals surface area contributed by atoms with E-state index in [-0.39, 0.29) is 12.2 Å². The lowest BCUT2D eigenvalue weighted by Gasteiger charge is -2.43. The van der Waals surface area contributed by atoms with Gasteiger partial charge in [-0.25, -0.2) is 9.59 Å². The molecule has 0 aliphatic carbocycles.